The van der Waals surface area contributed by atoms with Crippen LogP contribution in [0.3, 0.4) is 0 Å². The van der Waals surface area contributed by atoms with Crippen LogP contribution in [-0.4, -0.2) is 22.1 Å². The zero-order chi connectivity index (χ0) is 11.5. The van der Waals surface area contributed by atoms with E-state index < -0.39 is 16.6 Å². The van der Waals surface area contributed by atoms with Crippen LogP contribution in [0.1, 0.15) is 0 Å². The van der Waals surface area contributed by atoms with Crippen molar-refractivity contribution >= 4 is 10.0 Å². The lowest BCUT2D eigenvalue weighted by atomic mass is 10.3. The summed E-state index contributed by atoms with van der Waals surface area (Å²) in [5, 5.41) is 0. The van der Waals surface area contributed by atoms with Crippen LogP contribution in [0.5, 0.6) is 5.75 Å². The third-order valence-electron chi connectivity index (χ3n) is 1.61. The molecule has 0 radical (unpaired) electrons. The van der Waals surface area contributed by atoms with Crippen molar-refractivity contribution in [1.82, 2.24) is 4.72 Å². The Morgan fingerprint density at radius 3 is 2.60 bits per heavy atom. The normalized spacial score (nSPS) is 11.7. The van der Waals surface area contributed by atoms with Crippen molar-refractivity contribution in [2.45, 2.75) is 11.5 Å². The van der Waals surface area contributed by atoms with Gasteiger partial charge in [0.05, 0.1) is 4.90 Å². The van der Waals surface area contributed by atoms with Crippen LogP contribution in [0.2, 0.25) is 0 Å². The Labute approximate surface area is 85.9 Å². The first-order valence-corrected chi connectivity index (χ1v) is 5.42. The Balaban J connectivity index is 3.03. The van der Waals surface area contributed by atoms with E-state index in [1.165, 1.54) is 25.2 Å². The number of hydrogen-bond acceptors (Lipinski definition) is 3. The van der Waals surface area contributed by atoms with Crippen molar-refractivity contribution < 1.29 is 21.9 Å². The Kier molecular flexibility index (Phi) is 3.59. The fourth-order valence-corrected chi connectivity index (χ4v) is 1.70. The van der Waals surface area contributed by atoms with Crippen LogP contribution in [0.15, 0.2) is 29.2 Å². The van der Waals surface area contributed by atoms with Gasteiger partial charge in [0.1, 0.15) is 5.75 Å². The molecule has 0 spiro atoms. The standard InChI is InChI=1S/C8H9F2NO3S/c1-11-15(12,13)7-4-2-3-6(5-7)14-8(9)10/h2-5,8,11H,1H3. The van der Waals surface area contributed by atoms with Crippen LogP contribution in [0.4, 0.5) is 8.78 Å². The van der Waals surface area contributed by atoms with Gasteiger partial charge in [0.15, 0.2) is 0 Å². The summed E-state index contributed by atoms with van der Waals surface area (Å²) < 4.78 is 52.4. The first kappa shape index (κ1) is 11.9. The average molecular weight is 237 g/mol. The van der Waals surface area contributed by atoms with Crippen molar-refractivity contribution in [1.29, 1.82) is 0 Å². The number of hydrogen-bond donors (Lipinski definition) is 1. The molecule has 0 saturated heterocycles. The fourth-order valence-electron chi connectivity index (χ4n) is 0.935. The molecule has 1 aromatic carbocycles. The molecule has 7 heteroatoms. The Hall–Kier alpha value is -1.21. The zero-order valence-corrected chi connectivity index (χ0v) is 8.59. The van der Waals surface area contributed by atoms with E-state index in [9.17, 15) is 17.2 Å². The highest BCUT2D eigenvalue weighted by molar-refractivity contribution is 7.89. The first-order chi connectivity index (χ1) is 6.95. The SMILES string of the molecule is CNS(=O)(=O)c1cccc(OC(F)F)c1. The van der Waals surface area contributed by atoms with Gasteiger partial charge in [-0.15, -0.1) is 0 Å². The van der Waals surface area contributed by atoms with E-state index in [4.69, 9.17) is 0 Å². The number of alkyl halides is 2. The zero-order valence-electron chi connectivity index (χ0n) is 7.78. The number of nitrogens with one attached hydrogen (secondary N) is 1. The van der Waals surface area contributed by atoms with E-state index >= 15 is 0 Å². The van der Waals surface area contributed by atoms with Gasteiger partial charge in [0.2, 0.25) is 10.0 Å². The Morgan fingerprint density at radius 2 is 2.07 bits per heavy atom. The maximum Gasteiger partial charge on any atom is 0.387 e. The molecule has 0 bridgehead atoms. The topological polar surface area (TPSA) is 55.4 Å². The number of halogens is 2. The summed E-state index contributed by atoms with van der Waals surface area (Å²) in [7, 11) is -2.40. The molecule has 1 rings (SSSR count). The maximum absolute atomic E-state index is 11.8. The molecule has 0 fully saturated rings. The molecule has 0 aliphatic heterocycles. The molecular formula is C8H9F2NO3S. The third-order valence-corrected chi connectivity index (χ3v) is 3.02. The van der Waals surface area contributed by atoms with Gasteiger partial charge < -0.3 is 4.74 Å². The van der Waals surface area contributed by atoms with E-state index in [1.54, 1.807) is 0 Å². The lowest BCUT2D eigenvalue weighted by molar-refractivity contribution is -0.0499. The monoisotopic (exact) mass is 237 g/mol. The van der Waals surface area contributed by atoms with Gasteiger partial charge in [-0.05, 0) is 19.2 Å². The lowest BCUT2D eigenvalue weighted by Crippen LogP contribution is -2.18. The molecule has 1 aromatic rings. The van der Waals surface area contributed by atoms with E-state index in [1.807, 2.05) is 0 Å². The lowest BCUT2D eigenvalue weighted by Gasteiger charge is -2.06. The largest absolute Gasteiger partial charge is 0.435 e. The van der Waals surface area contributed by atoms with Gasteiger partial charge in [-0.1, -0.05) is 6.07 Å². The van der Waals surface area contributed by atoms with Crippen molar-refractivity contribution in [3.63, 3.8) is 0 Å². The van der Waals surface area contributed by atoms with Crippen LogP contribution in [0, 0.1) is 0 Å². The summed E-state index contributed by atoms with van der Waals surface area (Å²) in [6, 6.07) is 4.88. The van der Waals surface area contributed by atoms with Crippen molar-refractivity contribution in [2.75, 3.05) is 7.05 Å². The van der Waals surface area contributed by atoms with E-state index in [0.29, 0.717) is 0 Å². The summed E-state index contributed by atoms with van der Waals surface area (Å²) >= 11 is 0. The molecule has 0 aliphatic carbocycles. The fraction of sp³-hybridized carbons (Fsp3) is 0.250. The highest BCUT2D eigenvalue weighted by Gasteiger charge is 2.13. The molecule has 84 valence electrons. The van der Waals surface area contributed by atoms with Gasteiger partial charge in [0.25, 0.3) is 0 Å². The summed E-state index contributed by atoms with van der Waals surface area (Å²) in [6.45, 7) is -2.97. The van der Waals surface area contributed by atoms with Crippen molar-refractivity contribution in [2.24, 2.45) is 0 Å². The Morgan fingerprint density at radius 1 is 1.40 bits per heavy atom. The second-order valence-electron chi connectivity index (χ2n) is 2.56. The first-order valence-electron chi connectivity index (χ1n) is 3.94. The van der Waals surface area contributed by atoms with Crippen LogP contribution in [0.25, 0.3) is 0 Å². The average Bonchev–Trinajstić information content (AvgIpc) is 2.17. The van der Waals surface area contributed by atoms with Gasteiger partial charge >= 0.3 is 6.61 Å². The molecule has 0 amide bonds. The summed E-state index contributed by atoms with van der Waals surface area (Å²) in [6.07, 6.45) is 0. The minimum absolute atomic E-state index is 0.122. The van der Waals surface area contributed by atoms with Crippen LogP contribution in [-0.2, 0) is 10.0 Å². The number of ether oxygens (including phenoxy) is 1. The molecule has 0 saturated carbocycles. The molecule has 0 atom stereocenters. The van der Waals surface area contributed by atoms with E-state index in [0.717, 1.165) is 6.07 Å². The van der Waals surface area contributed by atoms with E-state index in [2.05, 4.69) is 9.46 Å². The molecule has 0 aromatic heterocycles. The third kappa shape index (κ3) is 3.14. The number of benzene rings is 1. The summed E-state index contributed by atoms with van der Waals surface area (Å²) in [4.78, 5) is -0.122. The van der Waals surface area contributed by atoms with Gasteiger partial charge in [0, 0.05) is 6.07 Å². The summed E-state index contributed by atoms with van der Waals surface area (Å²) in [5.74, 6) is -0.193. The predicted octanol–water partition coefficient (Wildman–Crippen LogP) is 1.20. The second-order valence-corrected chi connectivity index (χ2v) is 4.45. The molecule has 0 unspecified atom stereocenters. The summed E-state index contributed by atoms with van der Waals surface area (Å²) in [5.41, 5.74) is 0. The molecule has 15 heavy (non-hydrogen) atoms. The molecular weight excluding hydrogens is 228 g/mol. The van der Waals surface area contributed by atoms with Crippen LogP contribution < -0.4 is 9.46 Å². The van der Waals surface area contributed by atoms with Crippen molar-refractivity contribution in [3.8, 4) is 5.75 Å². The number of sulfonamides is 1. The molecule has 0 aliphatic rings. The predicted molar refractivity (Wildman–Crippen MR) is 49.3 cm³/mol. The quantitative estimate of drug-likeness (QED) is 0.856. The van der Waals surface area contributed by atoms with E-state index in [-0.39, 0.29) is 10.6 Å². The molecule has 4 nitrogen and oxygen atoms in total. The minimum Gasteiger partial charge on any atom is -0.435 e. The highest BCUT2D eigenvalue weighted by Crippen LogP contribution is 2.18. The van der Waals surface area contributed by atoms with Crippen LogP contribution >= 0.6 is 0 Å². The van der Waals surface area contributed by atoms with Gasteiger partial charge in [-0.3, -0.25) is 0 Å². The highest BCUT2D eigenvalue weighted by atomic mass is 32.2. The molecule has 0 heterocycles. The Bertz CT molecular complexity index is 433. The smallest absolute Gasteiger partial charge is 0.387 e. The second kappa shape index (κ2) is 4.54. The van der Waals surface area contributed by atoms with Crippen molar-refractivity contribution in [3.05, 3.63) is 24.3 Å². The minimum atomic E-state index is -3.63. The van der Waals surface area contributed by atoms with Gasteiger partial charge in [-0.2, -0.15) is 8.78 Å². The maximum atomic E-state index is 11.8. The number of rotatable bonds is 4. The van der Waals surface area contributed by atoms with Gasteiger partial charge in [-0.25, -0.2) is 13.1 Å². The molecule has 1 N–H and O–H groups in total.